The third-order valence-corrected chi connectivity index (χ3v) is 5.67. The zero-order chi connectivity index (χ0) is 15.2. The molecule has 0 aliphatic heterocycles. The van der Waals surface area contributed by atoms with Gasteiger partial charge in [-0.15, -0.1) is 0 Å². The molecule has 1 aromatic carbocycles. The van der Waals surface area contributed by atoms with Gasteiger partial charge in [0.15, 0.2) is 0 Å². The van der Waals surface area contributed by atoms with Crippen LogP contribution in [0, 0.1) is 11.8 Å². The van der Waals surface area contributed by atoms with E-state index in [1.807, 2.05) is 0 Å². The molecular formula is C14H19N3O3S. The van der Waals surface area contributed by atoms with E-state index in [4.69, 9.17) is 11.5 Å². The molecule has 1 aromatic rings. The highest BCUT2D eigenvalue weighted by atomic mass is 32.2. The number of carbonyl (C=O) groups excluding carboxylic acids is 1. The number of benzene rings is 1. The van der Waals surface area contributed by atoms with E-state index >= 15 is 0 Å². The van der Waals surface area contributed by atoms with Crippen molar-refractivity contribution in [2.24, 2.45) is 17.6 Å². The third kappa shape index (κ3) is 3.03. The van der Waals surface area contributed by atoms with Gasteiger partial charge in [0.2, 0.25) is 15.9 Å². The molecule has 0 unspecified atom stereocenters. The van der Waals surface area contributed by atoms with Crippen LogP contribution in [-0.2, 0) is 10.0 Å². The molecule has 5 N–H and O–H groups in total. The van der Waals surface area contributed by atoms with E-state index < -0.39 is 15.9 Å². The number of rotatable bonds is 6. The first-order valence-electron chi connectivity index (χ1n) is 7.10. The Morgan fingerprint density at radius 1 is 1.19 bits per heavy atom. The lowest BCUT2D eigenvalue weighted by atomic mass is 10.1. The Labute approximate surface area is 123 Å². The Bertz CT molecular complexity index is 667. The number of hydrogen-bond acceptors (Lipinski definition) is 4. The summed E-state index contributed by atoms with van der Waals surface area (Å²) < 4.78 is 27.8. The van der Waals surface area contributed by atoms with E-state index in [-0.39, 0.29) is 22.2 Å². The number of anilines is 1. The summed E-state index contributed by atoms with van der Waals surface area (Å²) in [4.78, 5) is 11.1. The topological polar surface area (TPSA) is 115 Å². The summed E-state index contributed by atoms with van der Waals surface area (Å²) in [5.41, 5.74) is 11.2. The lowest BCUT2D eigenvalue weighted by molar-refractivity contribution is 0.1000. The van der Waals surface area contributed by atoms with Gasteiger partial charge in [-0.1, -0.05) is 0 Å². The highest BCUT2D eigenvalue weighted by Crippen LogP contribution is 2.45. The first-order valence-corrected chi connectivity index (χ1v) is 8.58. The Morgan fingerprint density at radius 3 is 2.19 bits per heavy atom. The van der Waals surface area contributed by atoms with Gasteiger partial charge in [-0.25, -0.2) is 13.1 Å². The van der Waals surface area contributed by atoms with Crippen molar-refractivity contribution in [3.8, 4) is 0 Å². The van der Waals surface area contributed by atoms with Crippen LogP contribution in [0.15, 0.2) is 23.1 Å². The minimum Gasteiger partial charge on any atom is -0.398 e. The fourth-order valence-corrected chi connectivity index (χ4v) is 4.16. The molecule has 0 aromatic heterocycles. The molecule has 7 heteroatoms. The quantitative estimate of drug-likeness (QED) is 0.675. The van der Waals surface area contributed by atoms with Gasteiger partial charge in [0, 0.05) is 11.6 Å². The fraction of sp³-hybridized carbons (Fsp3) is 0.500. The molecule has 0 radical (unpaired) electrons. The van der Waals surface area contributed by atoms with Crippen LogP contribution in [0.25, 0.3) is 0 Å². The molecule has 0 bridgehead atoms. The van der Waals surface area contributed by atoms with Crippen LogP contribution < -0.4 is 16.2 Å². The molecule has 114 valence electrons. The van der Waals surface area contributed by atoms with E-state index in [9.17, 15) is 13.2 Å². The van der Waals surface area contributed by atoms with Crippen molar-refractivity contribution in [2.45, 2.75) is 36.6 Å². The van der Waals surface area contributed by atoms with Gasteiger partial charge in [0.1, 0.15) is 4.90 Å². The second-order valence-corrected chi connectivity index (χ2v) is 7.62. The highest BCUT2D eigenvalue weighted by Gasteiger charge is 2.43. The number of carbonyl (C=O) groups is 1. The first kappa shape index (κ1) is 14.3. The van der Waals surface area contributed by atoms with Gasteiger partial charge in [-0.05, 0) is 55.7 Å². The van der Waals surface area contributed by atoms with Crippen LogP contribution in [0.2, 0.25) is 0 Å². The molecule has 0 heterocycles. The van der Waals surface area contributed by atoms with Gasteiger partial charge in [0.25, 0.3) is 0 Å². The number of nitrogen functional groups attached to an aromatic ring is 1. The van der Waals surface area contributed by atoms with Gasteiger partial charge >= 0.3 is 0 Å². The van der Waals surface area contributed by atoms with Crippen molar-refractivity contribution < 1.29 is 13.2 Å². The van der Waals surface area contributed by atoms with Gasteiger partial charge in [-0.2, -0.15) is 0 Å². The number of hydrogen-bond donors (Lipinski definition) is 3. The van der Waals surface area contributed by atoms with Crippen LogP contribution in [0.3, 0.4) is 0 Å². The summed E-state index contributed by atoms with van der Waals surface area (Å²) in [5.74, 6) is 0.282. The number of sulfonamides is 1. The van der Waals surface area contributed by atoms with E-state index in [1.54, 1.807) is 0 Å². The molecule has 2 fully saturated rings. The van der Waals surface area contributed by atoms with Crippen molar-refractivity contribution >= 4 is 21.6 Å². The van der Waals surface area contributed by atoms with E-state index in [0.717, 1.165) is 25.7 Å². The molecule has 0 saturated heterocycles. The second-order valence-electron chi connectivity index (χ2n) is 5.94. The largest absolute Gasteiger partial charge is 0.398 e. The number of nitrogens with one attached hydrogen (secondary N) is 1. The molecular weight excluding hydrogens is 290 g/mol. The lowest BCUT2D eigenvalue weighted by Gasteiger charge is -2.18. The SMILES string of the molecule is NC(=O)c1ccc(S(=O)(=O)NC(C2CC2)C2CC2)c(N)c1. The molecule has 2 saturated carbocycles. The highest BCUT2D eigenvalue weighted by molar-refractivity contribution is 7.89. The van der Waals surface area contributed by atoms with Gasteiger partial charge < -0.3 is 11.5 Å². The monoisotopic (exact) mass is 309 g/mol. The van der Waals surface area contributed by atoms with Crippen molar-refractivity contribution in [3.63, 3.8) is 0 Å². The summed E-state index contributed by atoms with van der Waals surface area (Å²) >= 11 is 0. The summed E-state index contributed by atoms with van der Waals surface area (Å²) in [5, 5.41) is 0. The molecule has 2 aliphatic rings. The normalized spacial score (nSPS) is 18.9. The average molecular weight is 309 g/mol. The maximum absolute atomic E-state index is 12.5. The predicted molar refractivity (Wildman–Crippen MR) is 78.9 cm³/mol. The van der Waals surface area contributed by atoms with Crippen LogP contribution in [0.1, 0.15) is 36.0 Å². The molecule has 0 atom stereocenters. The Kier molecular flexibility index (Phi) is 3.41. The molecule has 3 rings (SSSR count). The molecule has 1 amide bonds. The summed E-state index contributed by atoms with van der Waals surface area (Å²) in [6.45, 7) is 0. The van der Waals surface area contributed by atoms with Crippen molar-refractivity contribution in [1.82, 2.24) is 4.72 Å². The zero-order valence-corrected chi connectivity index (χ0v) is 12.4. The minimum absolute atomic E-state index is 0.0128. The number of primary amides is 1. The van der Waals surface area contributed by atoms with Gasteiger partial charge in [-0.3, -0.25) is 4.79 Å². The maximum atomic E-state index is 12.5. The van der Waals surface area contributed by atoms with E-state index in [2.05, 4.69) is 4.72 Å². The van der Waals surface area contributed by atoms with Gasteiger partial charge in [0.05, 0.1) is 5.69 Å². The van der Waals surface area contributed by atoms with Crippen LogP contribution in [0.4, 0.5) is 5.69 Å². The number of nitrogens with two attached hydrogens (primary N) is 2. The Morgan fingerprint density at radius 2 is 1.76 bits per heavy atom. The first-order chi connectivity index (χ1) is 9.88. The Hall–Kier alpha value is -1.60. The Balaban J connectivity index is 1.85. The maximum Gasteiger partial charge on any atom is 0.248 e. The standard InChI is InChI=1S/C14H19N3O3S/c15-11-7-10(14(16)18)5-6-12(11)21(19,20)17-13(8-1-2-8)9-3-4-9/h5-9,13,17H,1-4,15H2,(H2,16,18). The van der Waals surface area contributed by atoms with E-state index in [0.29, 0.717) is 11.8 Å². The molecule has 21 heavy (non-hydrogen) atoms. The number of amides is 1. The average Bonchev–Trinajstić information content (AvgIpc) is 3.27. The minimum atomic E-state index is -3.67. The van der Waals surface area contributed by atoms with Crippen LogP contribution in [-0.4, -0.2) is 20.4 Å². The second kappa shape index (κ2) is 4.99. The zero-order valence-electron chi connectivity index (χ0n) is 11.6. The summed E-state index contributed by atoms with van der Waals surface area (Å²) in [7, 11) is -3.67. The molecule has 0 spiro atoms. The fourth-order valence-electron chi connectivity index (χ4n) is 2.68. The molecule has 6 nitrogen and oxygen atoms in total. The van der Waals surface area contributed by atoms with Crippen molar-refractivity contribution in [1.29, 1.82) is 0 Å². The van der Waals surface area contributed by atoms with Crippen molar-refractivity contribution in [2.75, 3.05) is 5.73 Å². The smallest absolute Gasteiger partial charge is 0.248 e. The summed E-state index contributed by atoms with van der Waals surface area (Å²) in [6.07, 6.45) is 4.33. The molecule has 2 aliphatic carbocycles. The third-order valence-electron chi connectivity index (χ3n) is 4.13. The van der Waals surface area contributed by atoms with Crippen molar-refractivity contribution in [3.05, 3.63) is 23.8 Å². The lowest BCUT2D eigenvalue weighted by Crippen LogP contribution is -2.38. The van der Waals surface area contributed by atoms with Crippen LogP contribution >= 0.6 is 0 Å². The predicted octanol–water partition coefficient (Wildman–Crippen LogP) is 0.835. The summed E-state index contributed by atoms with van der Waals surface area (Å²) in [6, 6.07) is 4.05. The van der Waals surface area contributed by atoms with E-state index in [1.165, 1.54) is 18.2 Å². The van der Waals surface area contributed by atoms with Crippen LogP contribution in [0.5, 0.6) is 0 Å².